The summed E-state index contributed by atoms with van der Waals surface area (Å²) in [7, 11) is 0. The quantitative estimate of drug-likeness (QED) is 0.855. The van der Waals surface area contributed by atoms with E-state index < -0.39 is 0 Å². The molecule has 1 aromatic carbocycles. The predicted octanol–water partition coefficient (Wildman–Crippen LogP) is 4.29. The Morgan fingerprint density at radius 3 is 2.52 bits per heavy atom. The molecule has 0 amide bonds. The molecule has 0 saturated carbocycles. The smallest absolute Gasteiger partial charge is 0.0579 e. The fourth-order valence-electron chi connectivity index (χ4n) is 2.52. The molecule has 0 aliphatic heterocycles. The average molecular weight is 282 g/mol. The molecule has 0 bridgehead atoms. The Labute approximate surface area is 128 Å². The Bertz CT molecular complexity index is 590. The van der Waals surface area contributed by atoms with Crippen LogP contribution in [-0.2, 0) is 6.42 Å². The van der Waals surface area contributed by atoms with E-state index in [0.717, 1.165) is 25.1 Å². The Kier molecular flexibility index (Phi) is 5.51. The zero-order valence-electron chi connectivity index (χ0n) is 13.6. The third-order valence-electron chi connectivity index (χ3n) is 3.95. The second-order valence-electron chi connectivity index (χ2n) is 5.89. The molecule has 21 heavy (non-hydrogen) atoms. The summed E-state index contributed by atoms with van der Waals surface area (Å²) < 4.78 is 0. The number of nitrogens with zero attached hydrogens (tertiary/aromatic N) is 1. The summed E-state index contributed by atoms with van der Waals surface area (Å²) in [6.07, 6.45) is 4.03. The summed E-state index contributed by atoms with van der Waals surface area (Å²) in [6.45, 7) is 9.68. The van der Waals surface area contributed by atoms with E-state index in [1.165, 1.54) is 22.3 Å². The first-order chi connectivity index (χ1) is 10.1. The minimum Gasteiger partial charge on any atom is -0.308 e. The average Bonchev–Trinajstić information content (AvgIpc) is 2.47. The fraction of sp³-hybridized carbons (Fsp3) is 0.421. The van der Waals surface area contributed by atoms with Crippen LogP contribution in [-0.4, -0.2) is 11.5 Å². The Morgan fingerprint density at radius 2 is 1.86 bits per heavy atom. The van der Waals surface area contributed by atoms with Gasteiger partial charge in [0.2, 0.25) is 0 Å². The van der Waals surface area contributed by atoms with E-state index in [0.29, 0.717) is 0 Å². The topological polar surface area (TPSA) is 24.9 Å². The van der Waals surface area contributed by atoms with E-state index in [2.05, 4.69) is 68.3 Å². The summed E-state index contributed by atoms with van der Waals surface area (Å²) in [5, 5.41) is 3.63. The van der Waals surface area contributed by atoms with Gasteiger partial charge in [0.1, 0.15) is 0 Å². The van der Waals surface area contributed by atoms with E-state index >= 15 is 0 Å². The maximum atomic E-state index is 4.57. The lowest BCUT2D eigenvalue weighted by atomic mass is 9.98. The van der Waals surface area contributed by atoms with Crippen molar-refractivity contribution in [1.82, 2.24) is 10.3 Å². The van der Waals surface area contributed by atoms with Crippen molar-refractivity contribution in [2.45, 2.75) is 46.6 Å². The van der Waals surface area contributed by atoms with Crippen molar-refractivity contribution < 1.29 is 0 Å². The van der Waals surface area contributed by atoms with Crippen molar-refractivity contribution in [1.29, 1.82) is 0 Å². The molecule has 1 atom stereocenters. The summed E-state index contributed by atoms with van der Waals surface area (Å²) >= 11 is 0. The van der Waals surface area contributed by atoms with Crippen molar-refractivity contribution in [2.24, 2.45) is 0 Å². The lowest BCUT2D eigenvalue weighted by molar-refractivity contribution is 0.517. The maximum Gasteiger partial charge on any atom is 0.0579 e. The van der Waals surface area contributed by atoms with E-state index in [1.54, 1.807) is 0 Å². The third kappa shape index (κ3) is 4.40. The summed E-state index contributed by atoms with van der Waals surface area (Å²) in [5.74, 6) is 0. The molecule has 2 aromatic rings. The number of hydrogen-bond acceptors (Lipinski definition) is 2. The van der Waals surface area contributed by atoms with Crippen LogP contribution in [0.2, 0.25) is 0 Å². The highest BCUT2D eigenvalue weighted by molar-refractivity contribution is 5.31. The molecule has 2 nitrogen and oxygen atoms in total. The van der Waals surface area contributed by atoms with Gasteiger partial charge in [-0.15, -0.1) is 0 Å². The first-order valence-electron chi connectivity index (χ1n) is 7.82. The van der Waals surface area contributed by atoms with Gasteiger partial charge in [-0.25, -0.2) is 0 Å². The van der Waals surface area contributed by atoms with Gasteiger partial charge in [0, 0.05) is 6.20 Å². The van der Waals surface area contributed by atoms with E-state index in [1.807, 2.05) is 6.20 Å². The lowest BCUT2D eigenvalue weighted by Crippen LogP contribution is -2.25. The molecular formula is C19H26N2. The molecule has 0 saturated heterocycles. The molecule has 2 heteroatoms. The van der Waals surface area contributed by atoms with Gasteiger partial charge >= 0.3 is 0 Å². The summed E-state index contributed by atoms with van der Waals surface area (Å²) in [4.78, 5) is 4.57. The van der Waals surface area contributed by atoms with E-state index in [4.69, 9.17) is 0 Å². The van der Waals surface area contributed by atoms with Crippen LogP contribution >= 0.6 is 0 Å². The van der Waals surface area contributed by atoms with Crippen LogP contribution in [0.1, 0.15) is 47.3 Å². The van der Waals surface area contributed by atoms with Crippen molar-refractivity contribution in [3.63, 3.8) is 0 Å². The highest BCUT2D eigenvalue weighted by Gasteiger charge is 2.13. The van der Waals surface area contributed by atoms with Crippen LogP contribution in [0.4, 0.5) is 0 Å². The van der Waals surface area contributed by atoms with Crippen molar-refractivity contribution in [3.8, 4) is 0 Å². The molecule has 1 N–H and O–H groups in total. The Balaban J connectivity index is 2.21. The van der Waals surface area contributed by atoms with E-state index in [9.17, 15) is 0 Å². The molecule has 1 unspecified atom stereocenters. The Morgan fingerprint density at radius 1 is 1.05 bits per heavy atom. The minimum absolute atomic E-state index is 0.284. The number of benzene rings is 1. The number of pyridine rings is 1. The minimum atomic E-state index is 0.284. The fourth-order valence-corrected chi connectivity index (χ4v) is 2.52. The number of hydrogen-bond donors (Lipinski definition) is 1. The van der Waals surface area contributed by atoms with Crippen LogP contribution in [0, 0.1) is 20.8 Å². The highest BCUT2D eigenvalue weighted by Crippen LogP contribution is 2.19. The highest BCUT2D eigenvalue weighted by atomic mass is 14.9. The van der Waals surface area contributed by atoms with Crippen molar-refractivity contribution >= 4 is 0 Å². The number of aryl methyl sites for hydroxylation is 3. The summed E-state index contributed by atoms with van der Waals surface area (Å²) in [6, 6.07) is 11.3. The number of nitrogens with one attached hydrogen (secondary N) is 1. The van der Waals surface area contributed by atoms with Gasteiger partial charge in [0.05, 0.1) is 11.7 Å². The normalized spacial score (nSPS) is 12.4. The van der Waals surface area contributed by atoms with Gasteiger partial charge in [-0.05, 0) is 74.5 Å². The van der Waals surface area contributed by atoms with Gasteiger partial charge in [0.25, 0.3) is 0 Å². The number of rotatable bonds is 6. The number of aromatic nitrogens is 1. The van der Waals surface area contributed by atoms with Crippen molar-refractivity contribution in [2.75, 3.05) is 6.54 Å². The first-order valence-corrected chi connectivity index (χ1v) is 7.82. The van der Waals surface area contributed by atoms with Gasteiger partial charge in [0.15, 0.2) is 0 Å². The second kappa shape index (κ2) is 7.37. The van der Waals surface area contributed by atoms with Gasteiger partial charge in [-0.1, -0.05) is 25.1 Å². The van der Waals surface area contributed by atoms with Crippen LogP contribution in [0.5, 0.6) is 0 Å². The summed E-state index contributed by atoms with van der Waals surface area (Å²) in [5.41, 5.74) is 6.49. The SMILES string of the molecule is CCCNC(Cc1ccc(C)c(C)c1)c1cc(C)ccn1. The van der Waals surface area contributed by atoms with Crippen LogP contribution in [0.25, 0.3) is 0 Å². The van der Waals surface area contributed by atoms with Crippen LogP contribution in [0.3, 0.4) is 0 Å². The predicted molar refractivity (Wildman–Crippen MR) is 89.6 cm³/mol. The molecule has 1 aromatic heterocycles. The standard InChI is InChI=1S/C19H26N2/c1-5-9-20-19(18-11-14(2)8-10-21-18)13-17-7-6-15(3)16(4)12-17/h6-8,10-12,19-20H,5,9,13H2,1-4H3. The van der Waals surface area contributed by atoms with Gasteiger partial charge in [-0.3, -0.25) is 4.98 Å². The third-order valence-corrected chi connectivity index (χ3v) is 3.95. The second-order valence-corrected chi connectivity index (χ2v) is 5.89. The van der Waals surface area contributed by atoms with Crippen LogP contribution in [0.15, 0.2) is 36.5 Å². The molecule has 0 aliphatic rings. The van der Waals surface area contributed by atoms with Gasteiger partial charge in [-0.2, -0.15) is 0 Å². The van der Waals surface area contributed by atoms with Crippen molar-refractivity contribution in [3.05, 3.63) is 64.5 Å². The molecule has 0 spiro atoms. The molecule has 2 rings (SSSR count). The zero-order chi connectivity index (χ0) is 15.2. The largest absolute Gasteiger partial charge is 0.308 e. The maximum absolute atomic E-state index is 4.57. The van der Waals surface area contributed by atoms with E-state index in [-0.39, 0.29) is 6.04 Å². The molecule has 112 valence electrons. The molecule has 0 radical (unpaired) electrons. The molecular weight excluding hydrogens is 256 g/mol. The Hall–Kier alpha value is -1.67. The molecule has 0 fully saturated rings. The first kappa shape index (κ1) is 15.7. The zero-order valence-corrected chi connectivity index (χ0v) is 13.6. The molecule has 1 heterocycles. The lowest BCUT2D eigenvalue weighted by Gasteiger charge is -2.19. The monoisotopic (exact) mass is 282 g/mol. The molecule has 0 aliphatic carbocycles. The van der Waals surface area contributed by atoms with Crippen LogP contribution < -0.4 is 5.32 Å². The van der Waals surface area contributed by atoms with Gasteiger partial charge < -0.3 is 5.32 Å².